The minimum atomic E-state index is -1.11. The van der Waals surface area contributed by atoms with Gasteiger partial charge in [0.15, 0.2) is 0 Å². The number of hydrogen-bond donors (Lipinski definition) is 4. The van der Waals surface area contributed by atoms with E-state index in [-0.39, 0.29) is 31.2 Å². The van der Waals surface area contributed by atoms with Gasteiger partial charge in [-0.1, -0.05) is 93.8 Å². The molecule has 2 atom stereocenters. The Kier molecular flexibility index (Phi) is 10.8. The Morgan fingerprint density at radius 2 is 1.40 bits per heavy atom. The van der Waals surface area contributed by atoms with Crippen molar-refractivity contribution >= 4 is 41.2 Å². The Bertz CT molecular complexity index is 1610. The molecule has 0 radical (unpaired) electrons. The fourth-order valence-corrected chi connectivity index (χ4v) is 6.70. The SMILES string of the molecule is CC(C)C[C@@H](C(=O)NC(CC(=O)O)c1ccccc1)N1C(=O)N(Cc2ccc(NC(=O)Nc3ccccc3)cc2)C2(CCCCC2)C1=O. The summed E-state index contributed by atoms with van der Waals surface area (Å²) in [5.74, 6) is -2.05. The largest absolute Gasteiger partial charge is 0.481 e. The summed E-state index contributed by atoms with van der Waals surface area (Å²) in [7, 11) is 0. The smallest absolute Gasteiger partial charge is 0.328 e. The van der Waals surface area contributed by atoms with Crippen LogP contribution >= 0.6 is 0 Å². The number of carbonyl (C=O) groups is 5. The molecule has 3 aromatic carbocycles. The van der Waals surface area contributed by atoms with E-state index in [1.165, 1.54) is 0 Å². The van der Waals surface area contributed by atoms with Crippen LogP contribution in [0.5, 0.6) is 0 Å². The van der Waals surface area contributed by atoms with Crippen LogP contribution in [0, 0.1) is 5.92 Å². The fourth-order valence-electron chi connectivity index (χ4n) is 6.70. The number of carbonyl (C=O) groups excluding carboxylic acids is 4. The Morgan fingerprint density at radius 1 is 0.812 bits per heavy atom. The predicted octanol–water partition coefficient (Wildman–Crippen LogP) is 6.54. The Morgan fingerprint density at radius 3 is 1.98 bits per heavy atom. The summed E-state index contributed by atoms with van der Waals surface area (Å²) in [5, 5.41) is 18.0. The van der Waals surface area contributed by atoms with Gasteiger partial charge in [0.2, 0.25) is 5.91 Å². The molecule has 0 aromatic heterocycles. The van der Waals surface area contributed by atoms with Crippen molar-refractivity contribution in [3.63, 3.8) is 0 Å². The van der Waals surface area contributed by atoms with E-state index in [1.807, 2.05) is 44.2 Å². The Hall–Kier alpha value is -5.19. The van der Waals surface area contributed by atoms with Crippen LogP contribution < -0.4 is 16.0 Å². The van der Waals surface area contributed by atoms with E-state index < -0.39 is 41.6 Å². The quantitative estimate of drug-likeness (QED) is 0.163. The number of amides is 6. The molecule has 5 rings (SSSR count). The molecule has 252 valence electrons. The number of imide groups is 1. The van der Waals surface area contributed by atoms with Crippen molar-refractivity contribution < 1.29 is 29.1 Å². The first-order valence-corrected chi connectivity index (χ1v) is 16.5. The molecule has 1 heterocycles. The number of para-hydroxylation sites is 1. The van der Waals surface area contributed by atoms with E-state index in [0.29, 0.717) is 29.8 Å². The first-order chi connectivity index (χ1) is 23.1. The van der Waals surface area contributed by atoms with Gasteiger partial charge in [0.05, 0.1) is 12.5 Å². The summed E-state index contributed by atoms with van der Waals surface area (Å²) < 4.78 is 0. The summed E-state index contributed by atoms with van der Waals surface area (Å²) >= 11 is 0. The molecule has 1 saturated carbocycles. The van der Waals surface area contributed by atoms with E-state index in [1.54, 1.807) is 59.5 Å². The molecular weight excluding hydrogens is 610 g/mol. The molecule has 3 aromatic rings. The first-order valence-electron chi connectivity index (χ1n) is 16.5. The van der Waals surface area contributed by atoms with Gasteiger partial charge in [-0.05, 0) is 60.6 Å². The van der Waals surface area contributed by atoms with Crippen molar-refractivity contribution in [2.45, 2.75) is 83.0 Å². The molecule has 11 heteroatoms. The van der Waals surface area contributed by atoms with E-state index in [9.17, 15) is 29.1 Å². The second-order valence-corrected chi connectivity index (χ2v) is 13.0. The van der Waals surface area contributed by atoms with Crippen molar-refractivity contribution in [1.29, 1.82) is 0 Å². The highest BCUT2D eigenvalue weighted by molar-refractivity contribution is 6.10. The number of carboxylic acid groups (broad SMARTS) is 1. The van der Waals surface area contributed by atoms with Crippen LogP contribution in [0.3, 0.4) is 0 Å². The van der Waals surface area contributed by atoms with Crippen molar-refractivity contribution in [2.24, 2.45) is 5.92 Å². The maximum absolute atomic E-state index is 14.4. The third kappa shape index (κ3) is 7.84. The zero-order chi connectivity index (χ0) is 34.3. The normalized spacial score (nSPS) is 16.9. The Labute approximate surface area is 280 Å². The molecular formula is C37H43N5O6. The number of rotatable bonds is 12. The highest BCUT2D eigenvalue weighted by Gasteiger charge is 2.59. The summed E-state index contributed by atoms with van der Waals surface area (Å²) in [6.45, 7) is 3.99. The lowest BCUT2D eigenvalue weighted by Crippen LogP contribution is -2.53. The number of nitrogens with one attached hydrogen (secondary N) is 3. The van der Waals surface area contributed by atoms with E-state index in [4.69, 9.17) is 0 Å². The molecule has 2 fully saturated rings. The summed E-state index contributed by atoms with van der Waals surface area (Å²) in [6.07, 6.45) is 3.38. The lowest BCUT2D eigenvalue weighted by Gasteiger charge is -2.38. The van der Waals surface area contributed by atoms with Crippen LogP contribution in [-0.2, 0) is 20.9 Å². The number of hydrogen-bond acceptors (Lipinski definition) is 5. The van der Waals surface area contributed by atoms with Gasteiger partial charge in [-0.2, -0.15) is 0 Å². The molecule has 1 saturated heterocycles. The number of carboxylic acids is 1. The van der Waals surface area contributed by atoms with Gasteiger partial charge in [0, 0.05) is 17.9 Å². The lowest BCUT2D eigenvalue weighted by molar-refractivity contribution is -0.142. The second-order valence-electron chi connectivity index (χ2n) is 13.0. The average Bonchev–Trinajstić information content (AvgIpc) is 3.25. The van der Waals surface area contributed by atoms with Gasteiger partial charge in [0.1, 0.15) is 11.6 Å². The van der Waals surface area contributed by atoms with Gasteiger partial charge in [-0.25, -0.2) is 14.5 Å². The topological polar surface area (TPSA) is 148 Å². The van der Waals surface area contributed by atoms with Gasteiger partial charge < -0.3 is 26.0 Å². The number of nitrogens with zero attached hydrogens (tertiary/aromatic N) is 2. The van der Waals surface area contributed by atoms with Crippen LogP contribution in [0.25, 0.3) is 0 Å². The minimum absolute atomic E-state index is 0.0357. The minimum Gasteiger partial charge on any atom is -0.481 e. The van der Waals surface area contributed by atoms with Crippen LogP contribution in [0.2, 0.25) is 0 Å². The van der Waals surface area contributed by atoms with Crippen molar-refractivity contribution in [3.8, 4) is 0 Å². The average molecular weight is 654 g/mol. The van der Waals surface area contributed by atoms with E-state index >= 15 is 0 Å². The lowest BCUT2D eigenvalue weighted by atomic mass is 9.80. The molecule has 1 spiro atoms. The zero-order valence-electron chi connectivity index (χ0n) is 27.4. The predicted molar refractivity (Wildman–Crippen MR) is 182 cm³/mol. The number of benzene rings is 3. The van der Waals surface area contributed by atoms with Crippen LogP contribution in [-0.4, -0.2) is 56.3 Å². The number of aliphatic carboxylic acids is 1. The van der Waals surface area contributed by atoms with E-state index in [0.717, 1.165) is 29.7 Å². The fraction of sp³-hybridized carbons (Fsp3) is 0.378. The van der Waals surface area contributed by atoms with Gasteiger partial charge in [-0.15, -0.1) is 0 Å². The molecule has 11 nitrogen and oxygen atoms in total. The van der Waals surface area contributed by atoms with E-state index in [2.05, 4.69) is 16.0 Å². The highest BCUT2D eigenvalue weighted by Crippen LogP contribution is 2.43. The van der Waals surface area contributed by atoms with Gasteiger partial charge in [-0.3, -0.25) is 14.4 Å². The summed E-state index contributed by atoms with van der Waals surface area (Å²) in [6, 6.07) is 22.2. The number of urea groups is 2. The van der Waals surface area contributed by atoms with Crippen LogP contribution in [0.4, 0.5) is 21.0 Å². The second kappa shape index (κ2) is 15.1. The van der Waals surface area contributed by atoms with Gasteiger partial charge in [0.25, 0.3) is 5.91 Å². The maximum Gasteiger partial charge on any atom is 0.328 e. The Balaban J connectivity index is 1.37. The molecule has 6 amide bonds. The molecule has 48 heavy (non-hydrogen) atoms. The molecule has 1 unspecified atom stereocenters. The van der Waals surface area contributed by atoms with Crippen LogP contribution in [0.1, 0.15) is 76.0 Å². The summed E-state index contributed by atoms with van der Waals surface area (Å²) in [4.78, 5) is 69.7. The zero-order valence-corrected chi connectivity index (χ0v) is 27.4. The third-order valence-corrected chi connectivity index (χ3v) is 9.04. The van der Waals surface area contributed by atoms with Gasteiger partial charge >= 0.3 is 18.0 Å². The first kappa shape index (κ1) is 34.2. The molecule has 2 aliphatic rings. The molecule has 1 aliphatic carbocycles. The standard InChI is InChI=1S/C37H43N5O6/c1-25(2)22-31(33(45)40-30(23-32(43)44)27-12-6-3-7-13-27)42-34(46)37(20-10-5-11-21-37)41(36(42)48)24-26-16-18-29(19-17-26)39-35(47)38-28-14-8-4-9-15-28/h3-4,6-9,12-19,25,30-31H,5,10-11,20-24H2,1-2H3,(H,40,45)(H,43,44)(H2,38,39,47)/t30?,31-/m0/s1. The van der Waals surface area contributed by atoms with Crippen molar-refractivity contribution in [1.82, 2.24) is 15.1 Å². The summed E-state index contributed by atoms with van der Waals surface area (Å²) in [5.41, 5.74) is 1.54. The van der Waals surface area contributed by atoms with Crippen molar-refractivity contribution in [2.75, 3.05) is 10.6 Å². The monoisotopic (exact) mass is 653 g/mol. The molecule has 1 aliphatic heterocycles. The third-order valence-electron chi connectivity index (χ3n) is 9.04. The highest BCUT2D eigenvalue weighted by atomic mass is 16.4. The van der Waals surface area contributed by atoms with Crippen molar-refractivity contribution in [3.05, 3.63) is 96.1 Å². The number of anilines is 2. The molecule has 0 bridgehead atoms. The molecule has 4 N–H and O–H groups in total. The maximum atomic E-state index is 14.4. The van der Waals surface area contributed by atoms with Crippen LogP contribution in [0.15, 0.2) is 84.9 Å².